The Balaban J connectivity index is 1.22. The fraction of sp³-hybridized carbons (Fsp3) is 0.444. The molecule has 192 valence electrons. The number of hydrogen-bond donors (Lipinski definition) is 1. The quantitative estimate of drug-likeness (QED) is 0.583. The second-order valence-electron chi connectivity index (χ2n) is 10.7. The Labute approximate surface area is 214 Å². The van der Waals surface area contributed by atoms with E-state index in [0.29, 0.717) is 36.8 Å². The zero-order valence-corrected chi connectivity index (χ0v) is 21.1. The van der Waals surface area contributed by atoms with Gasteiger partial charge < -0.3 is 19.7 Å². The third-order valence-electron chi connectivity index (χ3n) is 7.71. The summed E-state index contributed by atoms with van der Waals surface area (Å²) in [5.41, 5.74) is 2.04. The molecule has 3 amide bonds. The summed E-state index contributed by atoms with van der Waals surface area (Å²) in [5, 5.41) is 11.4. The van der Waals surface area contributed by atoms with E-state index in [1.165, 1.54) is 6.07 Å². The van der Waals surface area contributed by atoms with Crippen molar-refractivity contribution in [2.45, 2.75) is 58.0 Å². The number of urea groups is 1. The first kappa shape index (κ1) is 23.6. The lowest BCUT2D eigenvalue weighted by atomic mass is 9.96. The molecule has 2 aromatic heterocycles. The molecule has 0 atom stereocenters. The second-order valence-corrected chi connectivity index (χ2v) is 10.7. The van der Waals surface area contributed by atoms with Gasteiger partial charge in [0.15, 0.2) is 5.82 Å². The first-order chi connectivity index (χ1) is 17.8. The van der Waals surface area contributed by atoms with Crippen LogP contribution in [0.15, 0.2) is 30.3 Å². The Bertz CT molecular complexity index is 1390. The molecule has 0 unspecified atom stereocenters. The lowest BCUT2D eigenvalue weighted by Gasteiger charge is -2.32. The Morgan fingerprint density at radius 3 is 2.62 bits per heavy atom. The van der Waals surface area contributed by atoms with Gasteiger partial charge in [0.05, 0.1) is 5.56 Å². The normalized spacial score (nSPS) is 18.0. The minimum atomic E-state index is -0.584. The Kier molecular flexibility index (Phi) is 5.69. The molecule has 1 fully saturated rings. The van der Waals surface area contributed by atoms with Crippen LogP contribution < -0.4 is 5.32 Å². The maximum Gasteiger partial charge on any atom is 0.320 e. The average Bonchev–Trinajstić information content (AvgIpc) is 3.62. The van der Waals surface area contributed by atoms with E-state index in [1.54, 1.807) is 23.1 Å². The van der Waals surface area contributed by atoms with E-state index in [-0.39, 0.29) is 17.1 Å². The summed E-state index contributed by atoms with van der Waals surface area (Å²) in [6.07, 6.45) is 4.45. The zero-order valence-electron chi connectivity index (χ0n) is 21.1. The molecule has 3 aromatic rings. The molecular weight excluding hydrogens is 473 g/mol. The molecule has 37 heavy (non-hydrogen) atoms. The van der Waals surface area contributed by atoms with Gasteiger partial charge in [-0.1, -0.05) is 6.07 Å². The number of hydrogen-bond acceptors (Lipinski definition) is 5. The summed E-state index contributed by atoms with van der Waals surface area (Å²) in [4.78, 5) is 34.2. The van der Waals surface area contributed by atoms with Gasteiger partial charge in [0.1, 0.15) is 23.2 Å². The molecule has 3 aliphatic rings. The van der Waals surface area contributed by atoms with Crippen molar-refractivity contribution >= 4 is 17.8 Å². The number of rotatable bonds is 3. The molecule has 6 rings (SSSR count). The zero-order chi connectivity index (χ0) is 25.7. The van der Waals surface area contributed by atoms with Crippen LogP contribution in [-0.2, 0) is 24.9 Å². The van der Waals surface area contributed by atoms with Crippen molar-refractivity contribution < 1.29 is 14.0 Å². The van der Waals surface area contributed by atoms with Gasteiger partial charge in [0, 0.05) is 38.1 Å². The topological polar surface area (TPSA) is 96.2 Å². The minimum absolute atomic E-state index is 0.0163. The number of fused-ring (bicyclic) bond motifs is 2. The van der Waals surface area contributed by atoms with Crippen LogP contribution in [0.25, 0.3) is 11.5 Å². The molecule has 1 saturated heterocycles. The van der Waals surface area contributed by atoms with E-state index in [4.69, 9.17) is 0 Å². The molecule has 1 N–H and O–H groups in total. The van der Waals surface area contributed by atoms with E-state index in [2.05, 4.69) is 38.9 Å². The van der Waals surface area contributed by atoms with Gasteiger partial charge in [-0.05, 0) is 74.9 Å². The van der Waals surface area contributed by atoms with Gasteiger partial charge in [-0.2, -0.15) is 0 Å². The maximum absolute atomic E-state index is 15.0. The molecule has 9 nitrogen and oxygen atoms in total. The highest BCUT2D eigenvalue weighted by molar-refractivity contribution is 6.04. The predicted molar refractivity (Wildman–Crippen MR) is 136 cm³/mol. The highest BCUT2D eigenvalue weighted by Crippen LogP contribution is 2.35. The number of anilines is 1. The van der Waals surface area contributed by atoms with Crippen molar-refractivity contribution in [1.82, 2.24) is 29.5 Å². The number of benzene rings is 1. The summed E-state index contributed by atoms with van der Waals surface area (Å²) in [5.74, 6) is 0.711. The van der Waals surface area contributed by atoms with E-state index in [9.17, 15) is 14.0 Å². The van der Waals surface area contributed by atoms with Gasteiger partial charge in [0.2, 0.25) is 0 Å². The fourth-order valence-electron chi connectivity index (χ4n) is 5.65. The number of nitrogens with one attached hydrogen (secondary N) is 1. The summed E-state index contributed by atoms with van der Waals surface area (Å²) in [6.45, 7) is 6.75. The lowest BCUT2D eigenvalue weighted by molar-refractivity contribution is 0.102. The fourth-order valence-corrected chi connectivity index (χ4v) is 5.65. The van der Waals surface area contributed by atoms with E-state index in [1.807, 2.05) is 11.0 Å². The van der Waals surface area contributed by atoms with Crippen LogP contribution in [0.2, 0.25) is 0 Å². The van der Waals surface area contributed by atoms with Crippen LogP contribution >= 0.6 is 0 Å². The molecule has 0 radical (unpaired) electrons. The summed E-state index contributed by atoms with van der Waals surface area (Å²) in [6, 6.07) is 8.29. The number of pyridine rings is 1. The number of carbonyl (C=O) groups excluding carboxylic acids is 2. The number of aryl methyl sites for hydroxylation is 1. The van der Waals surface area contributed by atoms with Crippen LogP contribution in [0.5, 0.6) is 0 Å². The average molecular weight is 504 g/mol. The van der Waals surface area contributed by atoms with Crippen molar-refractivity contribution in [1.29, 1.82) is 0 Å². The molecule has 0 bridgehead atoms. The van der Waals surface area contributed by atoms with Gasteiger partial charge in [0.25, 0.3) is 5.91 Å². The number of amides is 3. The third kappa shape index (κ3) is 4.24. The molecule has 3 aliphatic heterocycles. The van der Waals surface area contributed by atoms with Gasteiger partial charge in [-0.25, -0.2) is 14.2 Å². The van der Waals surface area contributed by atoms with Crippen molar-refractivity contribution in [2.75, 3.05) is 25.0 Å². The van der Waals surface area contributed by atoms with E-state index in [0.717, 1.165) is 55.7 Å². The first-order valence-corrected chi connectivity index (χ1v) is 12.9. The largest absolute Gasteiger partial charge is 0.325 e. The summed E-state index contributed by atoms with van der Waals surface area (Å²) < 4.78 is 17.1. The number of nitrogens with zero attached hydrogens (tertiary/aromatic N) is 6. The molecule has 1 aromatic carbocycles. The van der Waals surface area contributed by atoms with Gasteiger partial charge >= 0.3 is 6.03 Å². The lowest BCUT2D eigenvalue weighted by Crippen LogP contribution is -2.44. The van der Waals surface area contributed by atoms with Crippen LogP contribution in [0.1, 0.15) is 60.4 Å². The molecule has 5 heterocycles. The highest BCUT2D eigenvalue weighted by atomic mass is 19.1. The number of likely N-dealkylation sites (tertiary alicyclic amines) is 1. The second kappa shape index (κ2) is 8.93. The highest BCUT2D eigenvalue weighted by Gasteiger charge is 2.34. The predicted octanol–water partition coefficient (Wildman–Crippen LogP) is 3.99. The van der Waals surface area contributed by atoms with Crippen LogP contribution in [0.4, 0.5) is 15.0 Å². The summed E-state index contributed by atoms with van der Waals surface area (Å²) in [7, 11) is 0. The smallest absolute Gasteiger partial charge is 0.320 e. The first-order valence-electron chi connectivity index (χ1n) is 12.9. The third-order valence-corrected chi connectivity index (χ3v) is 7.71. The number of carbonyl (C=O) groups is 2. The Morgan fingerprint density at radius 2 is 1.81 bits per heavy atom. The molecular formula is C27H30FN7O2. The maximum atomic E-state index is 15.0. The molecule has 10 heteroatoms. The van der Waals surface area contributed by atoms with Crippen LogP contribution in [-0.4, -0.2) is 61.1 Å². The minimum Gasteiger partial charge on any atom is -0.325 e. The SMILES string of the molecule is CC1(C)CCc2nnc(-c3cccc(NC(=O)c4cc5c(cc4F)CCN(C(=O)N4CCCC4)C5)n3)n21. The van der Waals surface area contributed by atoms with Gasteiger partial charge in [-0.15, -0.1) is 10.2 Å². The number of aromatic nitrogens is 4. The molecule has 0 spiro atoms. The Hall–Kier alpha value is -3.82. The number of halogens is 1. The standard InChI is InChI=1S/C27H30FN7O2/c1-27(2)10-8-23-31-32-24(35(23)27)21-6-5-7-22(29-21)30-25(36)19-14-18-16-34(13-9-17(18)15-20(19)28)26(37)33-11-3-4-12-33/h5-7,14-15H,3-4,8-13,16H2,1-2H3,(H,29,30,36). The van der Waals surface area contributed by atoms with Crippen molar-refractivity contribution in [2.24, 2.45) is 0 Å². The van der Waals surface area contributed by atoms with E-state index < -0.39 is 11.7 Å². The van der Waals surface area contributed by atoms with Gasteiger partial charge in [-0.3, -0.25) is 4.79 Å². The van der Waals surface area contributed by atoms with E-state index >= 15 is 0 Å². The van der Waals surface area contributed by atoms with Crippen LogP contribution in [0, 0.1) is 5.82 Å². The van der Waals surface area contributed by atoms with Crippen molar-refractivity contribution in [3.05, 3.63) is 58.7 Å². The van der Waals surface area contributed by atoms with Crippen molar-refractivity contribution in [3.8, 4) is 11.5 Å². The van der Waals surface area contributed by atoms with Crippen molar-refractivity contribution in [3.63, 3.8) is 0 Å². The molecule has 0 aliphatic carbocycles. The summed E-state index contributed by atoms with van der Waals surface area (Å²) >= 11 is 0. The van der Waals surface area contributed by atoms with Crippen LogP contribution in [0.3, 0.4) is 0 Å². The Morgan fingerprint density at radius 1 is 1.00 bits per heavy atom. The molecule has 0 saturated carbocycles. The monoisotopic (exact) mass is 503 g/mol.